The molecular formula is C39H45BrN3O3+. The first-order valence-corrected chi connectivity index (χ1v) is 16.5. The van der Waals surface area contributed by atoms with Crippen molar-refractivity contribution < 1.29 is 19.9 Å². The first-order chi connectivity index (χ1) is 22.6. The third-order valence-electron chi connectivity index (χ3n) is 6.97. The van der Waals surface area contributed by atoms with E-state index in [9.17, 15) is 0 Å². The van der Waals surface area contributed by atoms with Gasteiger partial charge in [0.15, 0.2) is 18.9 Å². The highest BCUT2D eigenvalue weighted by Gasteiger charge is 2.11. The molecule has 2 aromatic heterocycles. The van der Waals surface area contributed by atoms with Gasteiger partial charge in [-0.05, 0) is 40.8 Å². The number of hydrogen-bond donors (Lipinski definition) is 3. The topological polar surface area (TPSA) is 80.7 Å². The second-order valence-electron chi connectivity index (χ2n) is 10.7. The molecule has 0 fully saturated rings. The minimum Gasteiger partial charge on any atom is -0.392 e. The van der Waals surface area contributed by atoms with Gasteiger partial charge in [0.25, 0.3) is 0 Å². The molecule has 6 rings (SSSR count). The number of alkyl halides is 1. The molecule has 0 unspecified atom stereocenters. The van der Waals surface area contributed by atoms with Crippen molar-refractivity contribution in [3.05, 3.63) is 180 Å². The second-order valence-corrected chi connectivity index (χ2v) is 11.2. The van der Waals surface area contributed by atoms with E-state index in [2.05, 4.69) is 85.0 Å². The monoisotopic (exact) mass is 682 g/mol. The molecule has 6 nitrogen and oxygen atoms in total. The molecule has 0 saturated carbocycles. The van der Waals surface area contributed by atoms with Gasteiger partial charge in [-0.2, -0.15) is 0 Å². The Morgan fingerprint density at radius 3 is 1.76 bits per heavy atom. The van der Waals surface area contributed by atoms with Crippen LogP contribution in [0, 0.1) is 0 Å². The Labute approximate surface area is 282 Å². The summed E-state index contributed by atoms with van der Waals surface area (Å²) in [7, 11) is 0. The standard InChI is InChI=1S/C13H17NO.C13H14NO.C7H7Br.C6H7NO/c2*15-11-13-7-4-8-14(10-13)9-12-5-2-1-3-6-12;8-6-7-4-2-1-3-5-7;8-5-6-2-1-3-7-4-6/h1-3,5-7,15H,4,8-11H2;1-8,10,15H,9,11H2;1-5H,6H2;1-4,8H,5H2/q;+1;;. The molecule has 3 aromatic carbocycles. The predicted molar refractivity (Wildman–Crippen MR) is 189 cm³/mol. The summed E-state index contributed by atoms with van der Waals surface area (Å²) in [5.74, 6) is 0. The molecule has 0 atom stereocenters. The molecule has 0 saturated heterocycles. The van der Waals surface area contributed by atoms with E-state index in [1.807, 2.05) is 73.1 Å². The quantitative estimate of drug-likeness (QED) is 0.0992. The average molecular weight is 684 g/mol. The Kier molecular flexibility index (Phi) is 17.9. The molecule has 3 heterocycles. The molecule has 0 aliphatic carbocycles. The fourth-order valence-corrected chi connectivity index (χ4v) is 4.97. The van der Waals surface area contributed by atoms with Crippen LogP contribution in [0.5, 0.6) is 0 Å². The van der Waals surface area contributed by atoms with Crippen molar-refractivity contribution in [3.8, 4) is 0 Å². The van der Waals surface area contributed by atoms with Crippen LogP contribution >= 0.6 is 15.9 Å². The summed E-state index contributed by atoms with van der Waals surface area (Å²) in [6.07, 6.45) is 10.5. The number of aliphatic hydroxyl groups excluding tert-OH is 3. The summed E-state index contributed by atoms with van der Waals surface area (Å²) in [4.78, 5) is 6.17. The summed E-state index contributed by atoms with van der Waals surface area (Å²) in [5, 5.41) is 27.5. The maximum absolute atomic E-state index is 9.08. The van der Waals surface area contributed by atoms with Crippen molar-refractivity contribution in [2.75, 3.05) is 19.7 Å². The second kappa shape index (κ2) is 22.5. The lowest BCUT2D eigenvalue weighted by Crippen LogP contribution is -2.33. The van der Waals surface area contributed by atoms with Crippen LogP contribution in [0.4, 0.5) is 0 Å². The van der Waals surface area contributed by atoms with E-state index in [4.69, 9.17) is 15.3 Å². The number of benzene rings is 3. The molecule has 0 amide bonds. The van der Waals surface area contributed by atoms with Gasteiger partial charge in [-0.25, -0.2) is 4.57 Å². The van der Waals surface area contributed by atoms with Crippen LogP contribution in [-0.2, 0) is 31.6 Å². The first kappa shape index (κ1) is 36.5. The Morgan fingerprint density at radius 1 is 0.652 bits per heavy atom. The van der Waals surface area contributed by atoms with Gasteiger partial charge < -0.3 is 15.3 Å². The van der Waals surface area contributed by atoms with E-state index in [0.29, 0.717) is 0 Å². The number of nitrogens with zero attached hydrogens (tertiary/aromatic N) is 3. The predicted octanol–water partition coefficient (Wildman–Crippen LogP) is 6.48. The van der Waals surface area contributed by atoms with Crippen molar-refractivity contribution >= 4 is 15.9 Å². The van der Waals surface area contributed by atoms with Gasteiger partial charge in [0, 0.05) is 54.6 Å². The lowest BCUT2D eigenvalue weighted by atomic mass is 10.1. The average Bonchev–Trinajstić information content (AvgIpc) is 3.14. The van der Waals surface area contributed by atoms with Crippen molar-refractivity contribution in [2.24, 2.45) is 0 Å². The van der Waals surface area contributed by atoms with Crippen LogP contribution < -0.4 is 4.57 Å². The largest absolute Gasteiger partial charge is 0.392 e. The molecular weight excluding hydrogens is 638 g/mol. The van der Waals surface area contributed by atoms with Gasteiger partial charge in [0.05, 0.1) is 19.8 Å². The van der Waals surface area contributed by atoms with Crippen LogP contribution in [-0.4, -0.2) is 44.9 Å². The molecule has 240 valence electrons. The van der Waals surface area contributed by atoms with Crippen molar-refractivity contribution in [2.45, 2.75) is 38.1 Å². The van der Waals surface area contributed by atoms with E-state index < -0.39 is 0 Å². The van der Waals surface area contributed by atoms with Crippen LogP contribution in [0.15, 0.2) is 152 Å². The van der Waals surface area contributed by atoms with Gasteiger partial charge in [-0.3, -0.25) is 9.88 Å². The van der Waals surface area contributed by atoms with Crippen LogP contribution in [0.2, 0.25) is 0 Å². The maximum atomic E-state index is 9.08. The van der Waals surface area contributed by atoms with E-state index in [1.165, 1.54) is 16.7 Å². The van der Waals surface area contributed by atoms with Crippen LogP contribution in [0.3, 0.4) is 0 Å². The van der Waals surface area contributed by atoms with E-state index >= 15 is 0 Å². The first-order valence-electron chi connectivity index (χ1n) is 15.4. The highest BCUT2D eigenvalue weighted by atomic mass is 79.9. The van der Waals surface area contributed by atoms with Gasteiger partial charge in [0.2, 0.25) is 0 Å². The van der Waals surface area contributed by atoms with Crippen molar-refractivity contribution in [1.82, 2.24) is 9.88 Å². The summed E-state index contributed by atoms with van der Waals surface area (Å²) in [5.41, 5.74) is 6.87. The number of rotatable bonds is 8. The van der Waals surface area contributed by atoms with Crippen LogP contribution in [0.25, 0.3) is 0 Å². The number of aliphatic hydroxyl groups is 3. The molecule has 3 N–H and O–H groups in total. The zero-order chi connectivity index (χ0) is 32.7. The summed E-state index contributed by atoms with van der Waals surface area (Å²) in [6.45, 7) is 4.20. The number of aromatic nitrogens is 2. The zero-order valence-electron chi connectivity index (χ0n) is 26.3. The van der Waals surface area contributed by atoms with Crippen molar-refractivity contribution in [1.29, 1.82) is 0 Å². The number of halogens is 1. The molecule has 0 spiro atoms. The maximum Gasteiger partial charge on any atom is 0.174 e. The van der Waals surface area contributed by atoms with Gasteiger partial charge in [-0.15, -0.1) is 0 Å². The van der Waals surface area contributed by atoms with E-state index in [1.54, 1.807) is 18.5 Å². The minimum absolute atomic E-state index is 0.0772. The fraction of sp³-hybridized carbons (Fsp3) is 0.231. The molecule has 46 heavy (non-hydrogen) atoms. The smallest absolute Gasteiger partial charge is 0.174 e. The highest BCUT2D eigenvalue weighted by molar-refractivity contribution is 9.08. The molecule has 0 bridgehead atoms. The number of hydrogen-bond acceptors (Lipinski definition) is 5. The Bertz CT molecular complexity index is 1470. The third-order valence-corrected chi connectivity index (χ3v) is 7.62. The zero-order valence-corrected chi connectivity index (χ0v) is 27.9. The van der Waals surface area contributed by atoms with Gasteiger partial charge >= 0.3 is 0 Å². The molecule has 1 aliphatic rings. The lowest BCUT2D eigenvalue weighted by Gasteiger charge is -2.26. The minimum atomic E-state index is 0.0772. The molecule has 1 aliphatic heterocycles. The molecule has 5 aromatic rings. The molecule has 0 radical (unpaired) electrons. The van der Waals surface area contributed by atoms with E-state index in [-0.39, 0.29) is 19.8 Å². The Hall–Kier alpha value is -3.98. The van der Waals surface area contributed by atoms with Gasteiger partial charge in [0.1, 0.15) is 0 Å². The fourth-order valence-electron chi connectivity index (χ4n) is 4.59. The SMILES string of the molecule is BrCc1ccccc1.OCC1=CCCN(Cc2ccccc2)C1.OCc1ccc[n+](Cc2ccccc2)c1.OCc1cccnc1. The molecule has 7 heteroatoms. The lowest BCUT2D eigenvalue weighted by molar-refractivity contribution is -0.688. The van der Waals surface area contributed by atoms with Gasteiger partial charge in [-0.1, -0.05) is 119 Å². The third kappa shape index (κ3) is 14.9. The van der Waals surface area contributed by atoms with E-state index in [0.717, 1.165) is 54.6 Å². The summed E-state index contributed by atoms with van der Waals surface area (Å²) < 4.78 is 2.07. The van der Waals surface area contributed by atoms with Crippen LogP contribution in [0.1, 0.15) is 34.2 Å². The number of pyridine rings is 2. The normalized spacial score (nSPS) is 12.2. The summed E-state index contributed by atoms with van der Waals surface area (Å²) >= 11 is 3.36. The van der Waals surface area contributed by atoms with Crippen molar-refractivity contribution in [3.63, 3.8) is 0 Å². The highest BCUT2D eigenvalue weighted by Crippen LogP contribution is 2.12. The Morgan fingerprint density at radius 2 is 1.24 bits per heavy atom. The Balaban J connectivity index is 0.000000174. The summed E-state index contributed by atoms with van der Waals surface area (Å²) in [6, 6.07) is 38.5.